The molecule has 0 bridgehead atoms. The minimum absolute atomic E-state index is 0.0220. The van der Waals surface area contributed by atoms with Crippen LogP contribution in [0.5, 0.6) is 0 Å². The molecular weight excluding hydrogens is 230 g/mol. The fourth-order valence-corrected chi connectivity index (χ4v) is 1.95. The molecule has 1 saturated heterocycles. The zero-order valence-electron chi connectivity index (χ0n) is 11.5. The lowest BCUT2D eigenvalue weighted by Gasteiger charge is -2.26. The van der Waals surface area contributed by atoms with Crippen molar-refractivity contribution in [2.24, 2.45) is 5.92 Å². The van der Waals surface area contributed by atoms with Crippen LogP contribution in [0.2, 0.25) is 0 Å². The Morgan fingerprint density at radius 2 is 1.78 bits per heavy atom. The molecule has 1 fully saturated rings. The average Bonchev–Trinajstić information content (AvgIpc) is 2.36. The summed E-state index contributed by atoms with van der Waals surface area (Å²) in [6.07, 6.45) is 4.30. The van der Waals surface area contributed by atoms with Crippen LogP contribution < -0.4 is 10.6 Å². The van der Waals surface area contributed by atoms with Crippen molar-refractivity contribution in [3.8, 4) is 0 Å². The maximum absolute atomic E-state index is 11.8. The van der Waals surface area contributed by atoms with E-state index >= 15 is 0 Å². The zero-order valence-corrected chi connectivity index (χ0v) is 11.5. The van der Waals surface area contributed by atoms with Crippen LogP contribution in [0.1, 0.15) is 39.5 Å². The van der Waals surface area contributed by atoms with Crippen molar-refractivity contribution in [1.29, 1.82) is 0 Å². The van der Waals surface area contributed by atoms with Crippen molar-refractivity contribution in [2.75, 3.05) is 26.2 Å². The van der Waals surface area contributed by atoms with Crippen LogP contribution in [0.4, 0.5) is 4.79 Å². The lowest BCUT2D eigenvalue weighted by atomic mass is 10.1. The second-order valence-electron chi connectivity index (χ2n) is 5.23. The van der Waals surface area contributed by atoms with E-state index in [1.54, 1.807) is 0 Å². The lowest BCUT2D eigenvalue weighted by Crippen LogP contribution is -2.45. The number of nitrogens with zero attached hydrogens (tertiary/aromatic N) is 1. The molecule has 1 aliphatic rings. The van der Waals surface area contributed by atoms with Crippen molar-refractivity contribution < 1.29 is 9.59 Å². The molecule has 3 amide bonds. The summed E-state index contributed by atoms with van der Waals surface area (Å²) in [7, 11) is 0. The largest absolute Gasteiger partial charge is 0.341 e. The smallest absolute Gasteiger partial charge is 0.315 e. The lowest BCUT2D eigenvalue weighted by molar-refractivity contribution is -0.130. The fraction of sp³-hybridized carbons (Fsp3) is 0.846. The van der Waals surface area contributed by atoms with Crippen molar-refractivity contribution in [1.82, 2.24) is 15.5 Å². The molecule has 0 unspecified atom stereocenters. The first kappa shape index (κ1) is 14.8. The average molecular weight is 255 g/mol. The van der Waals surface area contributed by atoms with E-state index in [0.29, 0.717) is 12.5 Å². The van der Waals surface area contributed by atoms with Crippen LogP contribution >= 0.6 is 0 Å². The third-order valence-corrected chi connectivity index (χ3v) is 3.12. The van der Waals surface area contributed by atoms with Gasteiger partial charge in [-0.2, -0.15) is 0 Å². The molecule has 0 aromatic heterocycles. The molecule has 0 radical (unpaired) electrons. The summed E-state index contributed by atoms with van der Waals surface area (Å²) in [5.41, 5.74) is 0. The number of hydrogen-bond donors (Lipinski definition) is 2. The zero-order chi connectivity index (χ0) is 13.4. The highest BCUT2D eigenvalue weighted by Gasteiger charge is 2.16. The van der Waals surface area contributed by atoms with Gasteiger partial charge in [0.15, 0.2) is 0 Å². The summed E-state index contributed by atoms with van der Waals surface area (Å²) in [6.45, 7) is 6.64. The SMILES string of the molecule is CC(C)CCNC(=O)NCC(=O)N1CCCCC1. The highest BCUT2D eigenvalue weighted by molar-refractivity contribution is 5.84. The molecule has 5 nitrogen and oxygen atoms in total. The van der Waals surface area contributed by atoms with Gasteiger partial charge in [-0.3, -0.25) is 4.79 Å². The molecule has 1 heterocycles. The summed E-state index contributed by atoms with van der Waals surface area (Å²) in [5, 5.41) is 5.36. The highest BCUT2D eigenvalue weighted by atomic mass is 16.2. The van der Waals surface area contributed by atoms with Gasteiger partial charge in [0.2, 0.25) is 5.91 Å². The molecule has 0 aromatic rings. The Hall–Kier alpha value is -1.26. The Bertz CT molecular complexity index is 273. The number of rotatable bonds is 5. The number of carbonyl (C=O) groups excluding carboxylic acids is 2. The van der Waals surface area contributed by atoms with Crippen molar-refractivity contribution in [3.63, 3.8) is 0 Å². The Kier molecular flexibility index (Phi) is 6.54. The van der Waals surface area contributed by atoms with Crippen LogP contribution in [0.15, 0.2) is 0 Å². The highest BCUT2D eigenvalue weighted by Crippen LogP contribution is 2.08. The van der Waals surface area contributed by atoms with Gasteiger partial charge in [0, 0.05) is 19.6 Å². The van der Waals surface area contributed by atoms with Gasteiger partial charge in [-0.25, -0.2) is 4.79 Å². The van der Waals surface area contributed by atoms with Gasteiger partial charge in [0.05, 0.1) is 6.54 Å². The van der Waals surface area contributed by atoms with E-state index < -0.39 is 0 Å². The van der Waals surface area contributed by atoms with E-state index in [9.17, 15) is 9.59 Å². The number of amides is 3. The van der Waals surface area contributed by atoms with Gasteiger partial charge < -0.3 is 15.5 Å². The topological polar surface area (TPSA) is 61.4 Å². The number of nitrogens with one attached hydrogen (secondary N) is 2. The van der Waals surface area contributed by atoms with E-state index in [-0.39, 0.29) is 18.5 Å². The Morgan fingerprint density at radius 3 is 2.39 bits per heavy atom. The minimum atomic E-state index is -0.249. The number of piperidine rings is 1. The number of urea groups is 1. The second kappa shape index (κ2) is 7.95. The minimum Gasteiger partial charge on any atom is -0.341 e. The molecule has 5 heteroatoms. The maximum atomic E-state index is 11.8. The third-order valence-electron chi connectivity index (χ3n) is 3.12. The van der Waals surface area contributed by atoms with Crippen LogP contribution in [-0.4, -0.2) is 43.0 Å². The van der Waals surface area contributed by atoms with E-state index in [0.717, 1.165) is 32.4 Å². The fourth-order valence-electron chi connectivity index (χ4n) is 1.95. The van der Waals surface area contributed by atoms with Gasteiger partial charge in [-0.15, -0.1) is 0 Å². The first-order valence-corrected chi connectivity index (χ1v) is 6.89. The van der Waals surface area contributed by atoms with Gasteiger partial charge in [0.1, 0.15) is 0 Å². The molecular formula is C13H25N3O2. The van der Waals surface area contributed by atoms with Gasteiger partial charge >= 0.3 is 6.03 Å². The summed E-state index contributed by atoms with van der Waals surface area (Å²) < 4.78 is 0. The second-order valence-corrected chi connectivity index (χ2v) is 5.23. The Balaban J connectivity index is 2.11. The van der Waals surface area contributed by atoms with E-state index in [1.807, 2.05) is 4.90 Å². The normalized spacial score (nSPS) is 15.6. The number of carbonyl (C=O) groups is 2. The summed E-state index contributed by atoms with van der Waals surface area (Å²) in [6, 6.07) is -0.249. The van der Waals surface area contributed by atoms with Crippen LogP contribution in [-0.2, 0) is 4.79 Å². The summed E-state index contributed by atoms with van der Waals surface area (Å²) >= 11 is 0. The van der Waals surface area contributed by atoms with E-state index in [2.05, 4.69) is 24.5 Å². The van der Waals surface area contributed by atoms with Crippen molar-refractivity contribution in [2.45, 2.75) is 39.5 Å². The Labute approximate surface area is 109 Å². The van der Waals surface area contributed by atoms with Crippen molar-refractivity contribution >= 4 is 11.9 Å². The molecule has 1 rings (SSSR count). The molecule has 2 N–H and O–H groups in total. The van der Waals surface area contributed by atoms with Gasteiger partial charge in [-0.1, -0.05) is 13.8 Å². The van der Waals surface area contributed by atoms with Gasteiger partial charge in [0.25, 0.3) is 0 Å². The van der Waals surface area contributed by atoms with Crippen molar-refractivity contribution in [3.05, 3.63) is 0 Å². The molecule has 104 valence electrons. The van der Waals surface area contributed by atoms with Gasteiger partial charge in [-0.05, 0) is 31.6 Å². The molecule has 1 aliphatic heterocycles. The molecule has 18 heavy (non-hydrogen) atoms. The van der Waals surface area contributed by atoms with E-state index in [1.165, 1.54) is 6.42 Å². The molecule has 0 atom stereocenters. The summed E-state index contributed by atoms with van der Waals surface area (Å²) in [5.74, 6) is 0.592. The monoisotopic (exact) mass is 255 g/mol. The molecule has 0 spiro atoms. The third kappa shape index (κ3) is 5.89. The summed E-state index contributed by atoms with van der Waals surface area (Å²) in [4.78, 5) is 25.0. The maximum Gasteiger partial charge on any atom is 0.315 e. The first-order valence-electron chi connectivity index (χ1n) is 6.89. The number of hydrogen-bond acceptors (Lipinski definition) is 2. The van der Waals surface area contributed by atoms with Crippen LogP contribution in [0, 0.1) is 5.92 Å². The van der Waals surface area contributed by atoms with Crippen LogP contribution in [0.25, 0.3) is 0 Å². The Morgan fingerprint density at radius 1 is 1.11 bits per heavy atom. The molecule has 0 aliphatic carbocycles. The van der Waals surface area contributed by atoms with E-state index in [4.69, 9.17) is 0 Å². The quantitative estimate of drug-likeness (QED) is 0.779. The molecule has 0 saturated carbocycles. The first-order chi connectivity index (χ1) is 8.59. The molecule has 0 aromatic carbocycles. The predicted molar refractivity (Wildman–Crippen MR) is 71.3 cm³/mol. The predicted octanol–water partition coefficient (Wildman–Crippen LogP) is 1.34. The standard InChI is InChI=1S/C13H25N3O2/c1-11(2)6-7-14-13(18)15-10-12(17)16-8-4-3-5-9-16/h11H,3-10H2,1-2H3,(H2,14,15,18). The number of likely N-dealkylation sites (tertiary alicyclic amines) is 1. The van der Waals surface area contributed by atoms with Crippen LogP contribution in [0.3, 0.4) is 0 Å².